The summed E-state index contributed by atoms with van der Waals surface area (Å²) in [6, 6.07) is -0.599. The minimum absolute atomic E-state index is 0.0998. The van der Waals surface area contributed by atoms with Gasteiger partial charge in [-0.05, 0) is 68.5 Å². The maximum Gasteiger partial charge on any atom is 0.410 e. The van der Waals surface area contributed by atoms with Gasteiger partial charge < -0.3 is 19.1 Å². The van der Waals surface area contributed by atoms with Crippen LogP contribution in [0, 0.1) is 10.8 Å². The molecule has 2 atom stereocenters. The molecular weight excluding hydrogens is 376 g/mol. The van der Waals surface area contributed by atoms with Crippen LogP contribution in [0.15, 0.2) is 0 Å². The van der Waals surface area contributed by atoms with Crippen molar-refractivity contribution in [2.75, 3.05) is 40.5 Å². The number of likely N-dealkylation sites (N-methyl/N-ethyl adjacent to an activating group) is 1. The SMILES string of the molecule is CN(C)CCOC(=O)N1[C@H](COC(=O)C(C)(C)C)CC[C@H]1COC(=O)C(C)(C)C. The van der Waals surface area contributed by atoms with Crippen LogP contribution >= 0.6 is 0 Å². The van der Waals surface area contributed by atoms with Crippen LogP contribution in [-0.4, -0.2) is 80.4 Å². The molecule has 0 spiro atoms. The smallest absolute Gasteiger partial charge is 0.410 e. The van der Waals surface area contributed by atoms with E-state index in [4.69, 9.17) is 14.2 Å². The maximum absolute atomic E-state index is 12.7. The Kier molecular flexibility index (Phi) is 8.93. The fourth-order valence-corrected chi connectivity index (χ4v) is 2.75. The van der Waals surface area contributed by atoms with E-state index in [-0.39, 0.29) is 43.8 Å². The molecule has 0 aromatic rings. The van der Waals surface area contributed by atoms with Gasteiger partial charge in [0.2, 0.25) is 0 Å². The first kappa shape index (κ1) is 25.2. The lowest BCUT2D eigenvalue weighted by molar-refractivity contribution is -0.155. The first-order chi connectivity index (χ1) is 13.2. The summed E-state index contributed by atoms with van der Waals surface area (Å²) in [5, 5.41) is 0. The minimum Gasteiger partial charge on any atom is -0.463 e. The molecule has 0 radical (unpaired) electrons. The second kappa shape index (κ2) is 10.3. The van der Waals surface area contributed by atoms with Gasteiger partial charge >= 0.3 is 18.0 Å². The molecule has 0 N–H and O–H groups in total. The second-order valence-corrected chi connectivity index (χ2v) is 9.91. The number of hydrogen-bond acceptors (Lipinski definition) is 7. The van der Waals surface area contributed by atoms with Gasteiger partial charge in [-0.15, -0.1) is 0 Å². The summed E-state index contributed by atoms with van der Waals surface area (Å²) in [5.74, 6) is -0.637. The molecule has 1 aliphatic heterocycles. The predicted octanol–water partition coefficient (Wildman–Crippen LogP) is 2.70. The van der Waals surface area contributed by atoms with E-state index in [0.717, 1.165) is 0 Å². The molecule has 0 bridgehead atoms. The number of nitrogens with zero attached hydrogens (tertiary/aromatic N) is 2. The molecule has 1 rings (SSSR count). The van der Waals surface area contributed by atoms with Gasteiger partial charge in [-0.1, -0.05) is 0 Å². The predicted molar refractivity (Wildman–Crippen MR) is 109 cm³/mol. The number of carbonyl (C=O) groups excluding carboxylic acids is 3. The normalized spacial score (nSPS) is 20.0. The maximum atomic E-state index is 12.7. The Morgan fingerprint density at radius 2 is 1.24 bits per heavy atom. The van der Waals surface area contributed by atoms with Crippen molar-refractivity contribution in [1.29, 1.82) is 0 Å². The van der Waals surface area contributed by atoms with Crippen molar-refractivity contribution in [2.24, 2.45) is 10.8 Å². The molecule has 1 aliphatic rings. The van der Waals surface area contributed by atoms with Crippen molar-refractivity contribution < 1.29 is 28.6 Å². The largest absolute Gasteiger partial charge is 0.463 e. The van der Waals surface area contributed by atoms with E-state index in [1.807, 2.05) is 19.0 Å². The van der Waals surface area contributed by atoms with Crippen molar-refractivity contribution in [3.63, 3.8) is 0 Å². The van der Waals surface area contributed by atoms with Crippen molar-refractivity contribution >= 4 is 18.0 Å². The van der Waals surface area contributed by atoms with Gasteiger partial charge in [-0.25, -0.2) is 4.79 Å². The van der Waals surface area contributed by atoms with Crippen LogP contribution in [-0.2, 0) is 23.8 Å². The minimum atomic E-state index is -0.614. The average molecular weight is 415 g/mol. The molecule has 0 aromatic carbocycles. The third kappa shape index (κ3) is 8.20. The molecule has 1 amide bonds. The Bertz CT molecular complexity index is 539. The number of amides is 1. The molecule has 8 heteroatoms. The van der Waals surface area contributed by atoms with Gasteiger partial charge in [0.15, 0.2) is 0 Å². The average Bonchev–Trinajstić information content (AvgIpc) is 2.98. The van der Waals surface area contributed by atoms with E-state index >= 15 is 0 Å². The number of ether oxygens (including phenoxy) is 3. The van der Waals surface area contributed by atoms with Gasteiger partial charge in [0.1, 0.15) is 19.8 Å². The van der Waals surface area contributed by atoms with E-state index in [9.17, 15) is 14.4 Å². The highest BCUT2D eigenvalue weighted by molar-refractivity contribution is 5.76. The molecule has 168 valence electrons. The molecule has 1 saturated heterocycles. The second-order valence-electron chi connectivity index (χ2n) is 9.91. The molecule has 8 nitrogen and oxygen atoms in total. The summed E-state index contributed by atoms with van der Waals surface area (Å²) in [5.41, 5.74) is -1.23. The molecule has 0 unspecified atom stereocenters. The van der Waals surface area contributed by atoms with Crippen LogP contribution < -0.4 is 0 Å². The van der Waals surface area contributed by atoms with E-state index in [1.165, 1.54) is 0 Å². The van der Waals surface area contributed by atoms with E-state index in [2.05, 4.69) is 0 Å². The fourth-order valence-electron chi connectivity index (χ4n) is 2.75. The van der Waals surface area contributed by atoms with Crippen molar-refractivity contribution in [1.82, 2.24) is 9.80 Å². The fraction of sp³-hybridized carbons (Fsp3) is 0.857. The summed E-state index contributed by atoms with van der Waals surface area (Å²) in [7, 11) is 3.79. The first-order valence-corrected chi connectivity index (χ1v) is 10.2. The van der Waals surface area contributed by atoms with Gasteiger partial charge in [0, 0.05) is 6.54 Å². The van der Waals surface area contributed by atoms with Crippen LogP contribution in [0.1, 0.15) is 54.4 Å². The van der Waals surface area contributed by atoms with Gasteiger partial charge in [0.25, 0.3) is 0 Å². The summed E-state index contributed by atoms with van der Waals surface area (Å²) < 4.78 is 16.3. The Morgan fingerprint density at radius 1 is 0.828 bits per heavy atom. The number of esters is 2. The van der Waals surface area contributed by atoms with Crippen molar-refractivity contribution in [3.05, 3.63) is 0 Å². The zero-order valence-electron chi connectivity index (χ0n) is 19.2. The first-order valence-electron chi connectivity index (χ1n) is 10.2. The number of carbonyl (C=O) groups is 3. The molecule has 0 aromatic heterocycles. The molecular formula is C21H38N2O6. The molecule has 0 saturated carbocycles. The summed E-state index contributed by atoms with van der Waals surface area (Å²) >= 11 is 0. The summed E-state index contributed by atoms with van der Waals surface area (Å²) in [6.45, 7) is 11.8. The van der Waals surface area contributed by atoms with E-state index in [0.29, 0.717) is 19.4 Å². The van der Waals surface area contributed by atoms with Gasteiger partial charge in [-0.2, -0.15) is 0 Å². The van der Waals surface area contributed by atoms with Crippen LogP contribution in [0.4, 0.5) is 4.79 Å². The monoisotopic (exact) mass is 414 g/mol. The number of hydrogen-bond donors (Lipinski definition) is 0. The number of rotatable bonds is 7. The van der Waals surface area contributed by atoms with Crippen molar-refractivity contribution in [2.45, 2.75) is 66.5 Å². The molecule has 29 heavy (non-hydrogen) atoms. The molecule has 1 fully saturated rings. The van der Waals surface area contributed by atoms with E-state index in [1.54, 1.807) is 46.4 Å². The van der Waals surface area contributed by atoms with Gasteiger partial charge in [0.05, 0.1) is 22.9 Å². The highest BCUT2D eigenvalue weighted by Crippen LogP contribution is 2.27. The Hall–Kier alpha value is -1.83. The van der Waals surface area contributed by atoms with Gasteiger partial charge in [-0.3, -0.25) is 14.5 Å². The standard InChI is InChI=1S/C21H38N2O6/c1-20(2,3)17(24)28-13-15-9-10-16(14-29-18(25)21(4,5)6)23(15)19(26)27-12-11-22(7)8/h15-16H,9-14H2,1-8H3/t15-,16-/m0/s1. The summed E-state index contributed by atoms with van der Waals surface area (Å²) in [6.07, 6.45) is 0.827. The molecule has 0 aliphatic carbocycles. The Labute approximate surface area is 174 Å². The van der Waals surface area contributed by atoms with E-state index < -0.39 is 16.9 Å². The zero-order valence-corrected chi connectivity index (χ0v) is 19.2. The Balaban J connectivity index is 2.79. The summed E-state index contributed by atoms with van der Waals surface area (Å²) in [4.78, 5) is 40.5. The van der Waals surface area contributed by atoms with Crippen LogP contribution in [0.5, 0.6) is 0 Å². The third-order valence-corrected chi connectivity index (χ3v) is 4.63. The lowest BCUT2D eigenvalue weighted by Gasteiger charge is -2.30. The third-order valence-electron chi connectivity index (χ3n) is 4.63. The quantitative estimate of drug-likeness (QED) is 0.468. The Morgan fingerprint density at radius 3 is 1.59 bits per heavy atom. The highest BCUT2D eigenvalue weighted by atomic mass is 16.6. The lowest BCUT2D eigenvalue weighted by atomic mass is 9.97. The zero-order chi connectivity index (χ0) is 22.4. The van der Waals surface area contributed by atoms with Crippen LogP contribution in [0.2, 0.25) is 0 Å². The molecule has 1 heterocycles. The lowest BCUT2D eigenvalue weighted by Crippen LogP contribution is -2.47. The topological polar surface area (TPSA) is 85.4 Å². The van der Waals surface area contributed by atoms with Crippen LogP contribution in [0.3, 0.4) is 0 Å². The van der Waals surface area contributed by atoms with Crippen LogP contribution in [0.25, 0.3) is 0 Å². The highest BCUT2D eigenvalue weighted by Gasteiger charge is 2.40. The number of likely N-dealkylation sites (tertiary alicyclic amines) is 1. The van der Waals surface area contributed by atoms with Crippen molar-refractivity contribution in [3.8, 4) is 0 Å².